The van der Waals surface area contributed by atoms with E-state index < -0.39 is 11.2 Å². The molecule has 4 rings (SSSR count). The SMILES string of the molecule is CC(=O)N[C@H]1CC(C)(C)[C@]1(O)c1ccc(C)cc1.CC(=O)N[C@H]1CC(C)(C)[C@]1(O)c1ccc(C)cc1.O. The number of nitrogens with one attached hydrogen (secondary N) is 2. The van der Waals surface area contributed by atoms with E-state index in [0.29, 0.717) is 0 Å². The fourth-order valence-electron chi connectivity index (χ4n) is 5.91. The van der Waals surface area contributed by atoms with Gasteiger partial charge in [-0.05, 0) is 37.8 Å². The van der Waals surface area contributed by atoms with Crippen LogP contribution in [0.4, 0.5) is 0 Å². The van der Waals surface area contributed by atoms with Gasteiger partial charge in [0.1, 0.15) is 11.2 Å². The summed E-state index contributed by atoms with van der Waals surface area (Å²) < 4.78 is 0. The summed E-state index contributed by atoms with van der Waals surface area (Å²) in [6.45, 7) is 15.1. The monoisotopic (exact) mass is 512 g/mol. The van der Waals surface area contributed by atoms with Gasteiger partial charge in [0.15, 0.2) is 0 Å². The lowest BCUT2D eigenvalue weighted by Crippen LogP contribution is -2.68. The zero-order chi connectivity index (χ0) is 27.1. The average Bonchev–Trinajstić information content (AvgIpc) is 2.78. The third kappa shape index (κ3) is 5.44. The van der Waals surface area contributed by atoms with Crippen LogP contribution in [-0.4, -0.2) is 39.6 Å². The molecule has 4 atom stereocenters. The Bertz CT molecular complexity index is 1020. The summed E-state index contributed by atoms with van der Waals surface area (Å²) in [5.74, 6) is -0.193. The van der Waals surface area contributed by atoms with Gasteiger partial charge >= 0.3 is 0 Å². The Kier molecular flexibility index (Phi) is 8.70. The maximum Gasteiger partial charge on any atom is 0.217 e. The van der Waals surface area contributed by atoms with E-state index in [4.69, 9.17) is 0 Å². The molecule has 0 spiro atoms. The molecule has 2 aliphatic rings. The molecule has 2 fully saturated rings. The van der Waals surface area contributed by atoms with Crippen LogP contribution in [0.15, 0.2) is 48.5 Å². The van der Waals surface area contributed by atoms with Crippen LogP contribution in [0.1, 0.15) is 76.6 Å². The van der Waals surface area contributed by atoms with Gasteiger partial charge in [-0.1, -0.05) is 87.4 Å². The van der Waals surface area contributed by atoms with Crippen molar-refractivity contribution in [2.24, 2.45) is 10.8 Å². The van der Waals surface area contributed by atoms with Crippen LogP contribution in [0.3, 0.4) is 0 Å². The van der Waals surface area contributed by atoms with Crippen LogP contribution in [0.25, 0.3) is 0 Å². The normalized spacial score (nSPS) is 28.7. The number of hydrogen-bond acceptors (Lipinski definition) is 4. The zero-order valence-electron chi connectivity index (χ0n) is 23.4. The van der Waals surface area contributed by atoms with E-state index in [9.17, 15) is 19.8 Å². The van der Waals surface area contributed by atoms with Crippen molar-refractivity contribution in [3.63, 3.8) is 0 Å². The topological polar surface area (TPSA) is 130 Å². The summed E-state index contributed by atoms with van der Waals surface area (Å²) in [6, 6.07) is 15.4. The van der Waals surface area contributed by atoms with Crippen LogP contribution in [-0.2, 0) is 20.8 Å². The van der Waals surface area contributed by atoms with Crippen molar-refractivity contribution in [2.75, 3.05) is 0 Å². The first kappa shape index (κ1) is 30.5. The van der Waals surface area contributed by atoms with Crippen molar-refractivity contribution in [3.8, 4) is 0 Å². The van der Waals surface area contributed by atoms with Gasteiger partial charge in [-0.25, -0.2) is 0 Å². The van der Waals surface area contributed by atoms with Crippen molar-refractivity contribution in [1.29, 1.82) is 0 Å². The van der Waals surface area contributed by atoms with Crippen molar-refractivity contribution in [3.05, 3.63) is 70.8 Å². The first-order chi connectivity index (χ1) is 16.5. The molecule has 2 aromatic rings. The number of amides is 2. The van der Waals surface area contributed by atoms with Crippen molar-refractivity contribution in [1.82, 2.24) is 10.6 Å². The summed E-state index contributed by atoms with van der Waals surface area (Å²) in [5.41, 5.74) is 1.67. The smallest absolute Gasteiger partial charge is 0.217 e. The van der Waals surface area contributed by atoms with Gasteiger partial charge in [-0.15, -0.1) is 0 Å². The van der Waals surface area contributed by atoms with E-state index in [-0.39, 0.29) is 40.2 Å². The fraction of sp³-hybridized carbons (Fsp3) is 0.533. The highest BCUT2D eigenvalue weighted by molar-refractivity contribution is 5.74. The highest BCUT2D eigenvalue weighted by Gasteiger charge is 2.61. The van der Waals surface area contributed by atoms with Gasteiger partial charge in [0.05, 0.1) is 12.1 Å². The molecule has 0 bridgehead atoms. The minimum Gasteiger partial charge on any atom is -0.412 e. The van der Waals surface area contributed by atoms with Crippen molar-refractivity contribution < 1.29 is 25.3 Å². The molecule has 2 saturated carbocycles. The highest BCUT2D eigenvalue weighted by Crippen LogP contribution is 2.56. The Labute approximate surface area is 221 Å². The lowest BCUT2D eigenvalue weighted by molar-refractivity contribution is -0.186. The Morgan fingerprint density at radius 2 is 0.946 bits per heavy atom. The van der Waals surface area contributed by atoms with Crippen LogP contribution in [0.2, 0.25) is 0 Å². The molecule has 0 aromatic heterocycles. The van der Waals surface area contributed by atoms with E-state index in [2.05, 4.69) is 10.6 Å². The largest absolute Gasteiger partial charge is 0.412 e. The maximum absolute atomic E-state index is 11.2. The van der Waals surface area contributed by atoms with Crippen LogP contribution in [0, 0.1) is 24.7 Å². The molecular weight excluding hydrogens is 468 g/mol. The van der Waals surface area contributed by atoms with Crippen LogP contribution in [0.5, 0.6) is 0 Å². The molecule has 2 aliphatic carbocycles. The standard InChI is InChI=1S/2C15H21NO2.H2O/c2*1-10-5-7-12(8-6-10)15(18)13(16-11(2)17)9-14(15,3)4;/h2*5-8,13,18H,9H2,1-4H3,(H,16,17);1H2/t2*13-,15-;/m00./s1. The third-order valence-corrected chi connectivity index (χ3v) is 8.24. The van der Waals surface area contributed by atoms with Crippen LogP contribution < -0.4 is 10.6 Å². The molecule has 37 heavy (non-hydrogen) atoms. The molecule has 0 unspecified atom stereocenters. The minimum absolute atomic E-state index is 0. The van der Waals surface area contributed by atoms with Crippen LogP contribution >= 0.6 is 0 Å². The number of aryl methyl sites for hydroxylation is 2. The lowest BCUT2D eigenvalue weighted by Gasteiger charge is -2.58. The second-order valence-electron chi connectivity index (χ2n) is 11.9. The van der Waals surface area contributed by atoms with Crippen molar-refractivity contribution >= 4 is 11.8 Å². The Hall–Kier alpha value is -2.74. The summed E-state index contributed by atoms with van der Waals surface area (Å²) in [6.07, 6.45) is 1.58. The van der Waals surface area contributed by atoms with Gasteiger partial charge in [0, 0.05) is 24.7 Å². The van der Waals surface area contributed by atoms with Gasteiger partial charge in [-0.3, -0.25) is 9.59 Å². The summed E-state index contributed by atoms with van der Waals surface area (Å²) in [4.78, 5) is 22.4. The average molecular weight is 513 g/mol. The number of aliphatic hydroxyl groups is 2. The molecule has 0 radical (unpaired) electrons. The quantitative estimate of drug-likeness (QED) is 0.500. The molecule has 0 heterocycles. The van der Waals surface area contributed by atoms with Gasteiger partial charge in [0.2, 0.25) is 11.8 Å². The van der Waals surface area contributed by atoms with Gasteiger partial charge in [-0.2, -0.15) is 0 Å². The number of hydrogen-bond donors (Lipinski definition) is 4. The summed E-state index contributed by atoms with van der Waals surface area (Å²) in [5, 5.41) is 27.7. The highest BCUT2D eigenvalue weighted by atomic mass is 16.3. The minimum atomic E-state index is -0.980. The number of benzene rings is 2. The Morgan fingerprint density at radius 3 is 1.16 bits per heavy atom. The Balaban J connectivity index is 0.000000253. The molecule has 0 saturated heterocycles. The molecule has 7 heteroatoms. The molecule has 2 amide bonds. The number of rotatable bonds is 4. The predicted octanol–water partition coefficient (Wildman–Crippen LogP) is 3.41. The van der Waals surface area contributed by atoms with Gasteiger partial charge < -0.3 is 26.3 Å². The first-order valence-electron chi connectivity index (χ1n) is 12.7. The molecule has 2 aromatic carbocycles. The van der Waals surface area contributed by atoms with E-state index >= 15 is 0 Å². The zero-order valence-corrected chi connectivity index (χ0v) is 23.4. The molecule has 204 valence electrons. The summed E-state index contributed by atoms with van der Waals surface area (Å²) >= 11 is 0. The molecule has 7 nitrogen and oxygen atoms in total. The summed E-state index contributed by atoms with van der Waals surface area (Å²) in [7, 11) is 0. The number of carbonyl (C=O) groups is 2. The van der Waals surface area contributed by atoms with E-state index in [1.165, 1.54) is 13.8 Å². The van der Waals surface area contributed by atoms with E-state index in [1.54, 1.807) is 0 Å². The van der Waals surface area contributed by atoms with E-state index in [0.717, 1.165) is 35.1 Å². The first-order valence-corrected chi connectivity index (χ1v) is 12.7. The second kappa shape index (κ2) is 10.6. The Morgan fingerprint density at radius 1 is 0.676 bits per heavy atom. The van der Waals surface area contributed by atoms with Gasteiger partial charge in [0.25, 0.3) is 0 Å². The lowest BCUT2D eigenvalue weighted by atomic mass is 9.53. The third-order valence-electron chi connectivity index (χ3n) is 8.24. The number of carbonyl (C=O) groups excluding carboxylic acids is 2. The molecule has 6 N–H and O–H groups in total. The molecular formula is C30H44N2O5. The predicted molar refractivity (Wildman–Crippen MR) is 146 cm³/mol. The maximum atomic E-state index is 11.2. The van der Waals surface area contributed by atoms with E-state index in [1.807, 2.05) is 90.1 Å². The fourth-order valence-corrected chi connectivity index (χ4v) is 5.91. The molecule has 0 aliphatic heterocycles. The second-order valence-corrected chi connectivity index (χ2v) is 11.9. The van der Waals surface area contributed by atoms with Crippen molar-refractivity contribution in [2.45, 2.75) is 91.5 Å².